The van der Waals surface area contributed by atoms with E-state index in [4.69, 9.17) is 11.6 Å². The molecule has 5 heteroatoms. The second-order valence-electron chi connectivity index (χ2n) is 3.19. The van der Waals surface area contributed by atoms with Gasteiger partial charge in [-0.2, -0.15) is 0 Å². The predicted octanol–water partition coefficient (Wildman–Crippen LogP) is 4.02. The van der Waals surface area contributed by atoms with Crippen LogP contribution in [0.4, 0.5) is 8.78 Å². The normalized spacial score (nSPS) is 13.2. The highest BCUT2D eigenvalue weighted by Crippen LogP contribution is 2.26. The smallest absolute Gasteiger partial charge is 0.250 e. The highest BCUT2D eigenvalue weighted by Gasteiger charge is 2.11. The van der Waals surface area contributed by atoms with Gasteiger partial charge < -0.3 is 5.32 Å². The molecule has 0 aromatic heterocycles. The number of alkyl halides is 2. The topological polar surface area (TPSA) is 12.0 Å². The summed E-state index contributed by atoms with van der Waals surface area (Å²) in [6.45, 7) is 1.48. The molecule has 0 radical (unpaired) electrons. The molecule has 0 aliphatic rings. The lowest BCUT2D eigenvalue weighted by Gasteiger charge is -2.15. The van der Waals surface area contributed by atoms with Gasteiger partial charge in [0.1, 0.15) is 0 Å². The fourth-order valence-electron chi connectivity index (χ4n) is 1.23. The average Bonchev–Trinajstić information content (AvgIpc) is 2.14. The van der Waals surface area contributed by atoms with Gasteiger partial charge in [-0.1, -0.05) is 33.6 Å². The minimum atomic E-state index is -2.35. The van der Waals surface area contributed by atoms with Crippen LogP contribution in [-0.2, 0) is 0 Å². The monoisotopic (exact) mass is 297 g/mol. The van der Waals surface area contributed by atoms with Gasteiger partial charge in [-0.05, 0) is 24.6 Å². The summed E-state index contributed by atoms with van der Waals surface area (Å²) in [7, 11) is 0. The molecule has 0 amide bonds. The van der Waals surface area contributed by atoms with E-state index in [2.05, 4.69) is 21.2 Å². The summed E-state index contributed by atoms with van der Waals surface area (Å²) in [5.74, 6) is 0. The van der Waals surface area contributed by atoms with Crippen LogP contribution in [0.15, 0.2) is 22.7 Å². The van der Waals surface area contributed by atoms with Gasteiger partial charge in [0.05, 0.1) is 6.54 Å². The maximum atomic E-state index is 12.0. The standard InChI is InChI=1S/C10H11BrClF2N/c1-6(15-5-10(13)14)8-3-2-7(11)4-9(8)12/h2-4,6,10,15H,5H2,1H3. The van der Waals surface area contributed by atoms with E-state index in [-0.39, 0.29) is 12.6 Å². The van der Waals surface area contributed by atoms with Gasteiger partial charge >= 0.3 is 0 Å². The van der Waals surface area contributed by atoms with E-state index >= 15 is 0 Å². The quantitative estimate of drug-likeness (QED) is 0.885. The molecule has 1 nitrogen and oxygen atoms in total. The second-order valence-corrected chi connectivity index (χ2v) is 4.51. The van der Waals surface area contributed by atoms with Gasteiger partial charge in [-0.15, -0.1) is 0 Å². The predicted molar refractivity (Wildman–Crippen MR) is 61.6 cm³/mol. The van der Waals surface area contributed by atoms with Crippen molar-refractivity contribution in [3.05, 3.63) is 33.3 Å². The van der Waals surface area contributed by atoms with Gasteiger partial charge in [0.2, 0.25) is 0 Å². The first-order valence-electron chi connectivity index (χ1n) is 4.47. The Balaban J connectivity index is 2.69. The lowest BCUT2D eigenvalue weighted by atomic mass is 10.1. The van der Waals surface area contributed by atoms with Crippen LogP contribution >= 0.6 is 27.5 Å². The molecule has 84 valence electrons. The summed E-state index contributed by atoms with van der Waals surface area (Å²) in [5.41, 5.74) is 0.820. The van der Waals surface area contributed by atoms with Gasteiger partial charge in [0.15, 0.2) is 0 Å². The summed E-state index contributed by atoms with van der Waals surface area (Å²) < 4.78 is 24.8. The van der Waals surface area contributed by atoms with E-state index in [9.17, 15) is 8.78 Å². The fourth-order valence-corrected chi connectivity index (χ4v) is 2.07. The van der Waals surface area contributed by atoms with Gasteiger partial charge in [0.25, 0.3) is 6.43 Å². The van der Waals surface area contributed by atoms with E-state index < -0.39 is 6.43 Å². The zero-order valence-electron chi connectivity index (χ0n) is 8.11. The van der Waals surface area contributed by atoms with E-state index in [1.54, 1.807) is 13.0 Å². The van der Waals surface area contributed by atoms with Crippen molar-refractivity contribution in [1.29, 1.82) is 0 Å². The first-order valence-corrected chi connectivity index (χ1v) is 5.64. The van der Waals surface area contributed by atoms with Crippen LogP contribution in [0.3, 0.4) is 0 Å². The molecule has 0 fully saturated rings. The lowest BCUT2D eigenvalue weighted by molar-refractivity contribution is 0.142. The minimum absolute atomic E-state index is 0.181. The molecule has 0 spiro atoms. The Hall–Kier alpha value is -0.190. The highest BCUT2D eigenvalue weighted by molar-refractivity contribution is 9.10. The number of rotatable bonds is 4. The highest BCUT2D eigenvalue weighted by atomic mass is 79.9. The van der Waals surface area contributed by atoms with Crippen molar-refractivity contribution in [2.24, 2.45) is 0 Å². The molecule has 0 aliphatic carbocycles. The largest absolute Gasteiger partial charge is 0.305 e. The van der Waals surface area contributed by atoms with Crippen molar-refractivity contribution in [2.45, 2.75) is 19.4 Å². The zero-order chi connectivity index (χ0) is 11.4. The van der Waals surface area contributed by atoms with E-state index in [0.717, 1.165) is 10.0 Å². The third-order valence-electron chi connectivity index (χ3n) is 2.01. The summed E-state index contributed by atoms with van der Waals surface area (Å²) in [5, 5.41) is 3.28. The van der Waals surface area contributed by atoms with Crippen molar-refractivity contribution in [2.75, 3.05) is 6.54 Å². The molecule has 1 N–H and O–H groups in total. The minimum Gasteiger partial charge on any atom is -0.305 e. The molecule has 15 heavy (non-hydrogen) atoms. The fraction of sp³-hybridized carbons (Fsp3) is 0.400. The molecule has 1 atom stereocenters. The van der Waals surface area contributed by atoms with E-state index in [0.29, 0.717) is 5.02 Å². The Morgan fingerprint density at radius 2 is 2.13 bits per heavy atom. The van der Waals surface area contributed by atoms with Crippen LogP contribution in [0.5, 0.6) is 0 Å². The first kappa shape index (κ1) is 12.9. The van der Waals surface area contributed by atoms with Crippen LogP contribution in [0.25, 0.3) is 0 Å². The second kappa shape index (κ2) is 5.77. The Kier molecular flexibility index (Phi) is 4.96. The van der Waals surface area contributed by atoms with Crippen molar-refractivity contribution >= 4 is 27.5 Å². The molecule has 0 saturated heterocycles. The lowest BCUT2D eigenvalue weighted by Crippen LogP contribution is -2.24. The van der Waals surface area contributed by atoms with Crippen LogP contribution in [-0.4, -0.2) is 13.0 Å². The Bertz CT molecular complexity index is 333. The molecule has 0 bridgehead atoms. The Morgan fingerprint density at radius 1 is 1.47 bits per heavy atom. The van der Waals surface area contributed by atoms with Crippen LogP contribution in [0.1, 0.15) is 18.5 Å². The molecule has 1 unspecified atom stereocenters. The van der Waals surface area contributed by atoms with Crippen molar-refractivity contribution < 1.29 is 8.78 Å². The molecular formula is C10H11BrClF2N. The third kappa shape index (κ3) is 4.05. The molecule has 1 aromatic carbocycles. The number of halogens is 4. The van der Waals surface area contributed by atoms with Crippen LogP contribution in [0, 0.1) is 0 Å². The Morgan fingerprint density at radius 3 is 2.67 bits per heavy atom. The van der Waals surface area contributed by atoms with Gasteiger partial charge in [-0.25, -0.2) is 8.78 Å². The molecule has 0 aliphatic heterocycles. The van der Waals surface area contributed by atoms with Gasteiger partial charge in [-0.3, -0.25) is 0 Å². The van der Waals surface area contributed by atoms with Crippen LogP contribution in [0.2, 0.25) is 5.02 Å². The van der Waals surface area contributed by atoms with Gasteiger partial charge in [0, 0.05) is 15.5 Å². The summed E-state index contributed by atoms with van der Waals surface area (Å²) in [6.07, 6.45) is -2.35. The maximum Gasteiger partial charge on any atom is 0.250 e. The average molecular weight is 299 g/mol. The molecular weight excluding hydrogens is 287 g/mol. The van der Waals surface area contributed by atoms with Crippen molar-refractivity contribution in [3.63, 3.8) is 0 Å². The molecule has 0 saturated carbocycles. The number of hydrogen-bond acceptors (Lipinski definition) is 1. The molecule has 1 rings (SSSR count). The maximum absolute atomic E-state index is 12.0. The van der Waals surface area contributed by atoms with Crippen LogP contribution < -0.4 is 5.32 Å². The molecule has 0 heterocycles. The number of nitrogens with one attached hydrogen (secondary N) is 1. The zero-order valence-corrected chi connectivity index (χ0v) is 10.4. The Labute approximate surface area is 101 Å². The van der Waals surface area contributed by atoms with Crippen molar-refractivity contribution in [1.82, 2.24) is 5.32 Å². The number of hydrogen-bond donors (Lipinski definition) is 1. The summed E-state index contributed by atoms with van der Waals surface area (Å²) >= 11 is 9.26. The SMILES string of the molecule is CC(NCC(F)F)c1ccc(Br)cc1Cl. The third-order valence-corrected chi connectivity index (χ3v) is 2.83. The van der Waals surface area contributed by atoms with E-state index in [1.807, 2.05) is 12.1 Å². The summed E-state index contributed by atoms with van der Waals surface area (Å²) in [4.78, 5) is 0. The first-order chi connectivity index (χ1) is 7.00. The number of benzene rings is 1. The summed E-state index contributed by atoms with van der Waals surface area (Å²) in [6, 6.07) is 5.22. The van der Waals surface area contributed by atoms with E-state index in [1.165, 1.54) is 0 Å². The van der Waals surface area contributed by atoms with Crippen molar-refractivity contribution in [3.8, 4) is 0 Å². The molecule has 1 aromatic rings.